The van der Waals surface area contributed by atoms with Crippen LogP contribution < -0.4 is 0 Å². The Hall–Kier alpha value is -1.75. The second kappa shape index (κ2) is 7.25. The second-order valence-electron chi connectivity index (χ2n) is 6.92. The zero-order valence-corrected chi connectivity index (χ0v) is 17.5. The van der Waals surface area contributed by atoms with Gasteiger partial charge in [-0.3, -0.25) is 4.79 Å². The average molecular weight is 441 g/mol. The standard InChI is InChI=1S/C18H20N2O5S3/c21-18(19-8-11-27(22,23)12-9-19)17-16(6-10-26-17)28(24,25)20-7-5-14-3-1-2-4-15(14)13-20/h1-4,6,10H,5,7-9,11-13H2. The highest BCUT2D eigenvalue weighted by molar-refractivity contribution is 7.91. The number of nitrogens with zero attached hydrogens (tertiary/aromatic N) is 2. The van der Waals surface area contributed by atoms with Gasteiger partial charge in [-0.05, 0) is 29.0 Å². The van der Waals surface area contributed by atoms with Gasteiger partial charge in [-0.1, -0.05) is 24.3 Å². The van der Waals surface area contributed by atoms with Gasteiger partial charge in [0.1, 0.15) is 9.77 Å². The highest BCUT2D eigenvalue weighted by atomic mass is 32.2. The highest BCUT2D eigenvalue weighted by Gasteiger charge is 2.34. The van der Waals surface area contributed by atoms with E-state index in [9.17, 15) is 21.6 Å². The number of hydrogen-bond donors (Lipinski definition) is 0. The minimum Gasteiger partial charge on any atom is -0.336 e. The number of sulfonamides is 1. The lowest BCUT2D eigenvalue weighted by atomic mass is 10.0. The third-order valence-corrected chi connectivity index (χ3v) is 9.70. The number of amides is 1. The van der Waals surface area contributed by atoms with Crippen molar-refractivity contribution in [3.8, 4) is 0 Å². The second-order valence-corrected chi connectivity index (χ2v) is 12.0. The van der Waals surface area contributed by atoms with Gasteiger partial charge in [-0.15, -0.1) is 11.3 Å². The van der Waals surface area contributed by atoms with Crippen LogP contribution in [0.2, 0.25) is 0 Å². The van der Waals surface area contributed by atoms with Crippen LogP contribution in [0.15, 0.2) is 40.6 Å². The Balaban J connectivity index is 1.59. The van der Waals surface area contributed by atoms with E-state index in [2.05, 4.69) is 0 Å². The fourth-order valence-electron chi connectivity index (χ4n) is 3.53. The molecule has 28 heavy (non-hydrogen) atoms. The fourth-order valence-corrected chi connectivity index (χ4v) is 7.51. The van der Waals surface area contributed by atoms with Crippen LogP contribution >= 0.6 is 11.3 Å². The zero-order chi connectivity index (χ0) is 19.9. The van der Waals surface area contributed by atoms with E-state index in [4.69, 9.17) is 0 Å². The van der Waals surface area contributed by atoms with Crippen molar-refractivity contribution < 1.29 is 21.6 Å². The Morgan fingerprint density at radius 3 is 2.39 bits per heavy atom. The van der Waals surface area contributed by atoms with E-state index in [1.54, 1.807) is 5.38 Å². The predicted molar refractivity (Wildman–Crippen MR) is 107 cm³/mol. The summed E-state index contributed by atoms with van der Waals surface area (Å²) in [6.45, 7) is 0.833. The molecule has 2 aliphatic rings. The van der Waals surface area contributed by atoms with Crippen molar-refractivity contribution in [2.75, 3.05) is 31.1 Å². The molecule has 0 bridgehead atoms. The molecule has 7 nitrogen and oxygen atoms in total. The van der Waals surface area contributed by atoms with Gasteiger partial charge in [0, 0.05) is 26.2 Å². The average Bonchev–Trinajstić information content (AvgIpc) is 3.18. The van der Waals surface area contributed by atoms with Crippen molar-refractivity contribution in [1.82, 2.24) is 9.21 Å². The summed E-state index contributed by atoms with van der Waals surface area (Å²) in [4.78, 5) is 14.5. The number of rotatable bonds is 3. The topological polar surface area (TPSA) is 91.8 Å². The van der Waals surface area contributed by atoms with Crippen molar-refractivity contribution in [2.24, 2.45) is 0 Å². The first-order valence-electron chi connectivity index (χ1n) is 8.92. The third kappa shape index (κ3) is 3.61. The maximum absolute atomic E-state index is 13.2. The van der Waals surface area contributed by atoms with Crippen LogP contribution in [0.1, 0.15) is 20.8 Å². The van der Waals surface area contributed by atoms with Crippen LogP contribution in [0, 0.1) is 0 Å². The van der Waals surface area contributed by atoms with Crippen LogP contribution in [0.5, 0.6) is 0 Å². The summed E-state index contributed by atoms with van der Waals surface area (Å²) in [6, 6.07) is 9.22. The number of benzene rings is 1. The van der Waals surface area contributed by atoms with Crippen LogP contribution in [0.4, 0.5) is 0 Å². The van der Waals surface area contributed by atoms with E-state index in [1.807, 2.05) is 24.3 Å². The molecule has 1 aromatic carbocycles. The van der Waals surface area contributed by atoms with Gasteiger partial charge in [0.05, 0.1) is 11.5 Å². The summed E-state index contributed by atoms with van der Waals surface area (Å²) in [5.74, 6) is -0.592. The first kappa shape index (κ1) is 19.6. The summed E-state index contributed by atoms with van der Waals surface area (Å²) in [5, 5.41) is 1.60. The van der Waals surface area contributed by atoms with E-state index in [0.717, 1.165) is 22.5 Å². The Kier molecular flexibility index (Phi) is 5.07. The lowest BCUT2D eigenvalue weighted by Gasteiger charge is -2.29. The van der Waals surface area contributed by atoms with E-state index in [-0.39, 0.29) is 40.9 Å². The lowest BCUT2D eigenvalue weighted by molar-refractivity contribution is 0.0771. The van der Waals surface area contributed by atoms with Crippen LogP contribution in [-0.2, 0) is 32.8 Å². The SMILES string of the molecule is O=C(c1sccc1S(=O)(=O)N1CCc2ccccc2C1)N1CCS(=O)(=O)CC1. The van der Waals surface area contributed by atoms with Crippen molar-refractivity contribution in [3.05, 3.63) is 51.7 Å². The molecule has 0 unspecified atom stereocenters. The molecule has 0 aliphatic carbocycles. The Morgan fingerprint density at radius 2 is 1.68 bits per heavy atom. The normalized spacial score (nSPS) is 19.9. The molecule has 0 N–H and O–H groups in total. The first-order chi connectivity index (χ1) is 13.3. The van der Waals surface area contributed by atoms with Gasteiger partial charge in [0.2, 0.25) is 10.0 Å². The van der Waals surface area contributed by atoms with Crippen molar-refractivity contribution in [1.29, 1.82) is 0 Å². The molecule has 1 fully saturated rings. The van der Waals surface area contributed by atoms with Gasteiger partial charge in [0.15, 0.2) is 9.84 Å². The molecule has 1 saturated heterocycles. The summed E-state index contributed by atoms with van der Waals surface area (Å²) in [5.41, 5.74) is 2.12. The quantitative estimate of drug-likeness (QED) is 0.719. The van der Waals surface area contributed by atoms with Crippen LogP contribution in [0.25, 0.3) is 0 Å². The number of sulfone groups is 1. The molecule has 3 heterocycles. The molecular weight excluding hydrogens is 420 g/mol. The Bertz CT molecular complexity index is 1110. The minimum atomic E-state index is -3.82. The van der Waals surface area contributed by atoms with Gasteiger partial charge < -0.3 is 4.90 Å². The predicted octanol–water partition coefficient (Wildman–Crippen LogP) is 1.37. The molecule has 2 aromatic rings. The minimum absolute atomic E-state index is 0.00955. The van der Waals surface area contributed by atoms with E-state index in [1.165, 1.54) is 15.3 Å². The largest absolute Gasteiger partial charge is 0.336 e. The van der Waals surface area contributed by atoms with Gasteiger partial charge >= 0.3 is 0 Å². The number of fused-ring (bicyclic) bond motifs is 1. The highest BCUT2D eigenvalue weighted by Crippen LogP contribution is 2.30. The summed E-state index contributed by atoms with van der Waals surface area (Å²) in [7, 11) is -6.94. The van der Waals surface area contributed by atoms with Gasteiger partial charge in [-0.25, -0.2) is 16.8 Å². The smallest absolute Gasteiger partial charge is 0.265 e. The maximum atomic E-state index is 13.2. The molecule has 0 radical (unpaired) electrons. The van der Waals surface area contributed by atoms with Crippen LogP contribution in [0.3, 0.4) is 0 Å². The number of thiophene rings is 1. The molecule has 0 spiro atoms. The Labute approximate surface area is 168 Å². The summed E-state index contributed by atoms with van der Waals surface area (Å²) < 4.78 is 51.1. The first-order valence-corrected chi connectivity index (χ1v) is 13.1. The van der Waals surface area contributed by atoms with Gasteiger partial charge in [0.25, 0.3) is 5.91 Å². The third-order valence-electron chi connectivity index (χ3n) is 5.17. The molecule has 150 valence electrons. The molecular formula is C18H20N2O5S3. The monoisotopic (exact) mass is 440 g/mol. The summed E-state index contributed by atoms with van der Waals surface area (Å²) >= 11 is 1.08. The molecule has 1 aromatic heterocycles. The molecule has 0 atom stereocenters. The fraction of sp³-hybridized carbons (Fsp3) is 0.389. The number of carbonyl (C=O) groups is 1. The zero-order valence-electron chi connectivity index (χ0n) is 15.1. The molecule has 2 aliphatic heterocycles. The molecule has 0 saturated carbocycles. The summed E-state index contributed by atoms with van der Waals surface area (Å²) in [6.07, 6.45) is 0.632. The van der Waals surface area contributed by atoms with Crippen molar-refractivity contribution in [2.45, 2.75) is 17.9 Å². The van der Waals surface area contributed by atoms with Gasteiger partial charge in [-0.2, -0.15) is 4.31 Å². The molecule has 4 rings (SSSR count). The number of carbonyl (C=O) groups excluding carboxylic acids is 1. The molecule has 10 heteroatoms. The molecule has 1 amide bonds. The van der Waals surface area contributed by atoms with Crippen molar-refractivity contribution >= 4 is 37.1 Å². The van der Waals surface area contributed by atoms with E-state index in [0.29, 0.717) is 13.0 Å². The lowest BCUT2D eigenvalue weighted by Crippen LogP contribution is -2.44. The van der Waals surface area contributed by atoms with E-state index < -0.39 is 25.8 Å². The number of hydrogen-bond acceptors (Lipinski definition) is 6. The van der Waals surface area contributed by atoms with E-state index >= 15 is 0 Å². The van der Waals surface area contributed by atoms with Crippen LogP contribution in [-0.4, -0.2) is 63.1 Å². The maximum Gasteiger partial charge on any atom is 0.265 e. The van der Waals surface area contributed by atoms with Crippen molar-refractivity contribution in [3.63, 3.8) is 0 Å². The Morgan fingerprint density at radius 1 is 1.00 bits per heavy atom.